The molecule has 1 aliphatic heterocycles. The van der Waals surface area contributed by atoms with Crippen LogP contribution in [-0.2, 0) is 0 Å². The highest BCUT2D eigenvalue weighted by atomic mass is 32.2. The molecule has 3 nitrogen and oxygen atoms in total. The predicted octanol–water partition coefficient (Wildman–Crippen LogP) is 2.55. The molecule has 2 amide bonds. The van der Waals surface area contributed by atoms with Crippen LogP contribution in [0.15, 0.2) is 35.7 Å². The van der Waals surface area contributed by atoms with Crippen LogP contribution in [0.5, 0.6) is 0 Å². The summed E-state index contributed by atoms with van der Waals surface area (Å²) in [6.45, 7) is 0.448. The SMILES string of the molecule is CS/C=C/CCN1C(=O)c2ccccc2C1=O. The molecule has 0 unspecified atom stereocenters. The first-order chi connectivity index (χ1) is 8.25. The molecule has 0 bridgehead atoms. The van der Waals surface area contributed by atoms with Crippen LogP contribution >= 0.6 is 11.8 Å². The van der Waals surface area contributed by atoms with E-state index in [-0.39, 0.29) is 11.8 Å². The average Bonchev–Trinajstić information content (AvgIpc) is 2.60. The molecule has 1 aliphatic rings. The fourth-order valence-electron chi connectivity index (χ4n) is 1.81. The summed E-state index contributed by atoms with van der Waals surface area (Å²) in [7, 11) is 0. The summed E-state index contributed by atoms with van der Waals surface area (Å²) in [6.07, 6.45) is 4.64. The highest BCUT2D eigenvalue weighted by Crippen LogP contribution is 2.22. The Morgan fingerprint density at radius 1 is 1.18 bits per heavy atom. The second-order valence-electron chi connectivity index (χ2n) is 3.70. The van der Waals surface area contributed by atoms with E-state index in [1.165, 1.54) is 4.90 Å². The van der Waals surface area contributed by atoms with Crippen LogP contribution in [-0.4, -0.2) is 29.5 Å². The summed E-state index contributed by atoms with van der Waals surface area (Å²) in [5, 5.41) is 1.96. The number of hydrogen-bond acceptors (Lipinski definition) is 3. The van der Waals surface area contributed by atoms with Gasteiger partial charge in [-0.15, -0.1) is 11.8 Å². The largest absolute Gasteiger partial charge is 0.274 e. The molecule has 1 heterocycles. The highest BCUT2D eigenvalue weighted by molar-refractivity contribution is 8.01. The van der Waals surface area contributed by atoms with E-state index < -0.39 is 0 Å². The fraction of sp³-hybridized carbons (Fsp3) is 0.231. The van der Waals surface area contributed by atoms with Crippen molar-refractivity contribution in [1.29, 1.82) is 0 Å². The number of carbonyl (C=O) groups excluding carboxylic acids is 2. The molecule has 0 radical (unpaired) electrons. The van der Waals surface area contributed by atoms with Gasteiger partial charge in [0.05, 0.1) is 11.1 Å². The zero-order valence-electron chi connectivity index (χ0n) is 9.55. The Bertz CT molecular complexity index is 447. The number of amides is 2. The molecule has 0 saturated heterocycles. The van der Waals surface area contributed by atoms with Crippen LogP contribution in [0, 0.1) is 0 Å². The van der Waals surface area contributed by atoms with E-state index in [1.807, 2.05) is 17.7 Å². The van der Waals surface area contributed by atoms with Gasteiger partial charge in [0.15, 0.2) is 0 Å². The molecule has 17 heavy (non-hydrogen) atoms. The monoisotopic (exact) mass is 247 g/mol. The molecule has 2 rings (SSSR count). The third-order valence-corrected chi connectivity index (χ3v) is 3.09. The van der Waals surface area contributed by atoms with E-state index in [9.17, 15) is 9.59 Å². The van der Waals surface area contributed by atoms with Crippen molar-refractivity contribution in [2.75, 3.05) is 12.8 Å². The molecule has 0 atom stereocenters. The topological polar surface area (TPSA) is 37.4 Å². The maximum absolute atomic E-state index is 11.9. The Labute approximate surface area is 104 Å². The zero-order chi connectivity index (χ0) is 12.3. The van der Waals surface area contributed by atoms with Crippen molar-refractivity contribution in [3.8, 4) is 0 Å². The van der Waals surface area contributed by atoms with Crippen molar-refractivity contribution in [3.05, 3.63) is 46.9 Å². The van der Waals surface area contributed by atoms with E-state index in [1.54, 1.807) is 36.0 Å². The summed E-state index contributed by atoms with van der Waals surface area (Å²) in [6, 6.07) is 6.96. The van der Waals surface area contributed by atoms with Crippen molar-refractivity contribution in [2.24, 2.45) is 0 Å². The molecule has 0 aromatic heterocycles. The Kier molecular flexibility index (Phi) is 3.64. The van der Waals surface area contributed by atoms with E-state index in [0.29, 0.717) is 24.1 Å². The summed E-state index contributed by atoms with van der Waals surface area (Å²) in [5.41, 5.74) is 1.04. The van der Waals surface area contributed by atoms with Gasteiger partial charge in [0.2, 0.25) is 0 Å². The van der Waals surface area contributed by atoms with Crippen LogP contribution in [0.3, 0.4) is 0 Å². The normalized spacial score (nSPS) is 14.8. The number of rotatable bonds is 4. The van der Waals surface area contributed by atoms with Crippen LogP contribution in [0.1, 0.15) is 27.1 Å². The quantitative estimate of drug-likeness (QED) is 0.767. The third-order valence-electron chi connectivity index (χ3n) is 2.63. The minimum atomic E-state index is -0.178. The zero-order valence-corrected chi connectivity index (χ0v) is 10.4. The molecule has 0 fully saturated rings. The summed E-state index contributed by atoms with van der Waals surface area (Å²) >= 11 is 1.60. The summed E-state index contributed by atoms with van der Waals surface area (Å²) < 4.78 is 0. The van der Waals surface area contributed by atoms with Gasteiger partial charge < -0.3 is 0 Å². The van der Waals surface area contributed by atoms with Gasteiger partial charge in [-0.25, -0.2) is 0 Å². The molecular weight excluding hydrogens is 234 g/mol. The van der Waals surface area contributed by atoms with Crippen LogP contribution in [0.4, 0.5) is 0 Å². The van der Waals surface area contributed by atoms with Crippen LogP contribution < -0.4 is 0 Å². The standard InChI is InChI=1S/C13H13NO2S/c1-17-9-5-4-8-14-12(15)10-6-2-3-7-11(10)13(14)16/h2-3,5-7,9H,4,8H2,1H3/b9-5+. The Morgan fingerprint density at radius 3 is 2.29 bits per heavy atom. The maximum Gasteiger partial charge on any atom is 0.261 e. The van der Waals surface area contributed by atoms with E-state index in [4.69, 9.17) is 0 Å². The van der Waals surface area contributed by atoms with Gasteiger partial charge in [-0.3, -0.25) is 14.5 Å². The van der Waals surface area contributed by atoms with Gasteiger partial charge in [0, 0.05) is 6.54 Å². The number of fused-ring (bicyclic) bond motifs is 1. The second-order valence-corrected chi connectivity index (χ2v) is 4.45. The van der Waals surface area contributed by atoms with Crippen molar-refractivity contribution < 1.29 is 9.59 Å². The molecule has 0 N–H and O–H groups in total. The molecule has 0 saturated carbocycles. The van der Waals surface area contributed by atoms with Crippen molar-refractivity contribution in [2.45, 2.75) is 6.42 Å². The third kappa shape index (κ3) is 2.26. The van der Waals surface area contributed by atoms with Gasteiger partial charge >= 0.3 is 0 Å². The van der Waals surface area contributed by atoms with Gasteiger partial charge in [0.25, 0.3) is 11.8 Å². The van der Waals surface area contributed by atoms with Gasteiger partial charge in [0.1, 0.15) is 0 Å². The minimum absolute atomic E-state index is 0.178. The minimum Gasteiger partial charge on any atom is -0.274 e. The lowest BCUT2D eigenvalue weighted by molar-refractivity contribution is 0.0657. The van der Waals surface area contributed by atoms with Gasteiger partial charge in [-0.1, -0.05) is 18.2 Å². The first-order valence-corrected chi connectivity index (χ1v) is 6.67. The van der Waals surface area contributed by atoms with E-state index >= 15 is 0 Å². The van der Waals surface area contributed by atoms with Crippen LogP contribution in [0.2, 0.25) is 0 Å². The van der Waals surface area contributed by atoms with Gasteiger partial charge in [-0.05, 0) is 30.2 Å². The lowest BCUT2D eigenvalue weighted by atomic mass is 10.1. The molecule has 1 aromatic carbocycles. The second kappa shape index (κ2) is 5.19. The molecule has 0 spiro atoms. The molecule has 0 aliphatic carbocycles. The fourth-order valence-corrected chi connectivity index (χ4v) is 2.14. The van der Waals surface area contributed by atoms with Crippen LogP contribution in [0.25, 0.3) is 0 Å². The van der Waals surface area contributed by atoms with E-state index in [0.717, 1.165) is 0 Å². The smallest absolute Gasteiger partial charge is 0.261 e. The Morgan fingerprint density at radius 2 is 1.76 bits per heavy atom. The Balaban J connectivity index is 2.11. The number of benzene rings is 1. The molecular formula is C13H13NO2S. The molecule has 1 aromatic rings. The number of thioether (sulfide) groups is 1. The number of imide groups is 1. The van der Waals surface area contributed by atoms with Crippen molar-refractivity contribution in [3.63, 3.8) is 0 Å². The predicted molar refractivity (Wildman–Crippen MR) is 69.1 cm³/mol. The number of carbonyl (C=O) groups is 2. The Hall–Kier alpha value is -1.55. The number of hydrogen-bond donors (Lipinski definition) is 0. The molecule has 4 heteroatoms. The first-order valence-electron chi connectivity index (χ1n) is 5.38. The highest BCUT2D eigenvalue weighted by Gasteiger charge is 2.34. The van der Waals surface area contributed by atoms with Crippen molar-refractivity contribution >= 4 is 23.6 Å². The summed E-state index contributed by atoms with van der Waals surface area (Å²) in [4.78, 5) is 25.2. The average molecular weight is 247 g/mol. The first kappa shape index (κ1) is 11.9. The molecule has 88 valence electrons. The van der Waals surface area contributed by atoms with Gasteiger partial charge in [-0.2, -0.15) is 0 Å². The maximum atomic E-state index is 11.9. The van der Waals surface area contributed by atoms with E-state index in [2.05, 4.69) is 0 Å². The number of nitrogens with zero attached hydrogens (tertiary/aromatic N) is 1. The lowest BCUT2D eigenvalue weighted by Crippen LogP contribution is -2.30. The lowest BCUT2D eigenvalue weighted by Gasteiger charge is -2.11. The summed E-state index contributed by atoms with van der Waals surface area (Å²) in [5.74, 6) is -0.355. The van der Waals surface area contributed by atoms with Crippen molar-refractivity contribution in [1.82, 2.24) is 4.90 Å².